The average Bonchev–Trinajstić information content (AvgIpc) is 3.25. The first-order valence-electron chi connectivity index (χ1n) is 10.1. The zero-order valence-corrected chi connectivity index (χ0v) is 17.8. The zero-order chi connectivity index (χ0) is 23.7. The van der Waals surface area contributed by atoms with Crippen molar-refractivity contribution in [1.82, 2.24) is 5.32 Å². The van der Waals surface area contributed by atoms with Gasteiger partial charge in [-0.1, -0.05) is 25.1 Å². The number of carbonyl (C=O) groups excluding carboxylic acids is 3. The van der Waals surface area contributed by atoms with E-state index in [-0.39, 0.29) is 17.0 Å². The summed E-state index contributed by atoms with van der Waals surface area (Å²) in [5.41, 5.74) is 2.28. The highest BCUT2D eigenvalue weighted by Crippen LogP contribution is 2.30. The molecule has 1 aliphatic rings. The van der Waals surface area contributed by atoms with E-state index in [0.29, 0.717) is 17.0 Å². The van der Waals surface area contributed by atoms with Gasteiger partial charge in [0.1, 0.15) is 17.1 Å². The highest BCUT2D eigenvalue weighted by atomic mass is 16.6. The van der Waals surface area contributed by atoms with Crippen LogP contribution < -0.4 is 10.2 Å². The minimum atomic E-state index is -0.837. The van der Waals surface area contributed by atoms with Crippen LogP contribution in [-0.2, 0) is 16.0 Å². The molecule has 166 valence electrons. The van der Waals surface area contributed by atoms with Crippen LogP contribution in [0, 0.1) is 17.0 Å². The summed E-state index contributed by atoms with van der Waals surface area (Å²) < 4.78 is 5.75. The van der Waals surface area contributed by atoms with Crippen molar-refractivity contribution < 1.29 is 23.7 Å². The van der Waals surface area contributed by atoms with E-state index in [1.807, 2.05) is 6.92 Å². The van der Waals surface area contributed by atoms with Gasteiger partial charge in [0.25, 0.3) is 17.5 Å². The van der Waals surface area contributed by atoms with Crippen molar-refractivity contribution in [2.75, 3.05) is 4.90 Å². The van der Waals surface area contributed by atoms with Crippen molar-refractivity contribution in [2.24, 2.45) is 0 Å². The molecule has 1 fully saturated rings. The summed E-state index contributed by atoms with van der Waals surface area (Å²) in [5.74, 6) is -1.09. The third-order valence-electron chi connectivity index (χ3n) is 5.32. The molecule has 33 heavy (non-hydrogen) atoms. The Morgan fingerprint density at radius 1 is 1.06 bits per heavy atom. The van der Waals surface area contributed by atoms with Gasteiger partial charge in [-0.15, -0.1) is 0 Å². The molecule has 0 bridgehead atoms. The number of nitrogens with zero attached hydrogens (tertiary/aromatic N) is 2. The molecule has 1 N–H and O–H groups in total. The van der Waals surface area contributed by atoms with E-state index < -0.39 is 22.8 Å². The van der Waals surface area contributed by atoms with Crippen molar-refractivity contribution in [2.45, 2.75) is 20.3 Å². The van der Waals surface area contributed by atoms with Gasteiger partial charge in [-0.2, -0.15) is 0 Å². The summed E-state index contributed by atoms with van der Waals surface area (Å²) in [6.07, 6.45) is 2.04. The number of benzene rings is 2. The molecule has 0 unspecified atom stereocenters. The molecular formula is C24H19N3O6. The molecule has 2 heterocycles. The second kappa shape index (κ2) is 8.54. The van der Waals surface area contributed by atoms with Crippen molar-refractivity contribution >= 4 is 35.3 Å². The maximum absolute atomic E-state index is 13.0. The van der Waals surface area contributed by atoms with Crippen LogP contribution in [-0.4, -0.2) is 22.8 Å². The fourth-order valence-corrected chi connectivity index (χ4v) is 3.48. The van der Waals surface area contributed by atoms with Gasteiger partial charge in [-0.25, -0.2) is 9.69 Å². The lowest BCUT2D eigenvalue weighted by atomic mass is 10.1. The number of carbonyl (C=O) groups is 3. The monoisotopic (exact) mass is 445 g/mol. The van der Waals surface area contributed by atoms with Crippen molar-refractivity contribution in [3.63, 3.8) is 0 Å². The largest absolute Gasteiger partial charge is 0.457 e. The molecular weight excluding hydrogens is 426 g/mol. The normalized spacial score (nSPS) is 15.2. The third-order valence-corrected chi connectivity index (χ3v) is 5.32. The molecule has 9 nitrogen and oxygen atoms in total. The van der Waals surface area contributed by atoms with Crippen LogP contribution in [0.2, 0.25) is 0 Å². The number of rotatable bonds is 5. The number of barbiturate groups is 1. The van der Waals surface area contributed by atoms with Gasteiger partial charge in [0, 0.05) is 17.7 Å². The van der Waals surface area contributed by atoms with Crippen LogP contribution in [0.3, 0.4) is 0 Å². The highest BCUT2D eigenvalue weighted by molar-refractivity contribution is 6.39. The van der Waals surface area contributed by atoms with Gasteiger partial charge in [0.05, 0.1) is 10.6 Å². The molecule has 0 saturated carbocycles. The number of amides is 4. The Balaban J connectivity index is 1.67. The number of nitro benzene ring substituents is 1. The minimum Gasteiger partial charge on any atom is -0.457 e. The Morgan fingerprint density at radius 2 is 1.79 bits per heavy atom. The molecule has 3 aromatic rings. The number of nitro groups is 1. The first kappa shape index (κ1) is 21.7. The van der Waals surface area contributed by atoms with E-state index in [2.05, 4.69) is 5.32 Å². The van der Waals surface area contributed by atoms with Crippen LogP contribution in [0.5, 0.6) is 0 Å². The van der Waals surface area contributed by atoms with E-state index in [1.165, 1.54) is 24.3 Å². The maximum atomic E-state index is 13.0. The van der Waals surface area contributed by atoms with Gasteiger partial charge in [0.15, 0.2) is 0 Å². The SMILES string of the molecule is CCc1ccc(N2C(=O)NC(=O)/C(=C/c3ccc(-c4cc([N+](=O)[O-])ccc4C)o3)C2=O)cc1. The molecule has 2 aromatic carbocycles. The fraction of sp³-hybridized carbons (Fsp3) is 0.125. The van der Waals surface area contributed by atoms with E-state index in [1.54, 1.807) is 43.3 Å². The lowest BCUT2D eigenvalue weighted by Crippen LogP contribution is -2.54. The Labute approximate surface area is 188 Å². The standard InChI is InChI=1S/C24H19N3O6/c1-3-15-5-8-16(9-6-15)26-23(29)20(22(28)25-24(26)30)13-18-10-11-21(33-18)19-12-17(27(31)32)7-4-14(19)2/h4-13H,3H2,1-2H3,(H,25,28,30)/b20-13-. The van der Waals surface area contributed by atoms with E-state index in [4.69, 9.17) is 4.42 Å². The molecule has 0 aliphatic carbocycles. The molecule has 0 atom stereocenters. The quantitative estimate of drug-likeness (QED) is 0.269. The molecule has 0 spiro atoms. The summed E-state index contributed by atoms with van der Waals surface area (Å²) in [6, 6.07) is 13.6. The topological polar surface area (TPSA) is 123 Å². The van der Waals surface area contributed by atoms with Crippen LogP contribution in [0.15, 0.2) is 64.6 Å². The van der Waals surface area contributed by atoms with E-state index >= 15 is 0 Å². The fourth-order valence-electron chi connectivity index (χ4n) is 3.48. The van der Waals surface area contributed by atoms with Crippen molar-refractivity contribution in [3.8, 4) is 11.3 Å². The van der Waals surface area contributed by atoms with Gasteiger partial charge in [-0.05, 0) is 54.8 Å². The number of nitrogens with one attached hydrogen (secondary N) is 1. The van der Waals surface area contributed by atoms with Gasteiger partial charge in [0.2, 0.25) is 0 Å². The lowest BCUT2D eigenvalue weighted by molar-refractivity contribution is -0.384. The Hall–Kier alpha value is -4.53. The number of non-ortho nitro benzene ring substituents is 1. The second-order valence-electron chi connectivity index (χ2n) is 7.44. The number of anilines is 1. The Kier molecular flexibility index (Phi) is 5.61. The van der Waals surface area contributed by atoms with Crippen molar-refractivity contribution in [3.05, 3.63) is 87.2 Å². The Bertz CT molecular complexity index is 1320. The molecule has 0 radical (unpaired) electrons. The minimum absolute atomic E-state index is 0.0861. The first-order valence-corrected chi connectivity index (χ1v) is 10.1. The Morgan fingerprint density at radius 3 is 2.45 bits per heavy atom. The van der Waals surface area contributed by atoms with Crippen LogP contribution in [0.4, 0.5) is 16.2 Å². The highest BCUT2D eigenvalue weighted by Gasteiger charge is 2.37. The first-order chi connectivity index (χ1) is 15.8. The summed E-state index contributed by atoms with van der Waals surface area (Å²) >= 11 is 0. The van der Waals surface area contributed by atoms with E-state index in [0.717, 1.165) is 22.4 Å². The molecule has 1 saturated heterocycles. The van der Waals surface area contributed by atoms with Gasteiger partial charge >= 0.3 is 6.03 Å². The number of furan rings is 1. The summed E-state index contributed by atoms with van der Waals surface area (Å²) in [7, 11) is 0. The van der Waals surface area contributed by atoms with E-state index in [9.17, 15) is 24.5 Å². The summed E-state index contributed by atoms with van der Waals surface area (Å²) in [6.45, 7) is 3.77. The van der Waals surface area contributed by atoms with Gasteiger partial charge < -0.3 is 4.42 Å². The predicted octanol–water partition coefficient (Wildman–Crippen LogP) is 4.39. The zero-order valence-electron chi connectivity index (χ0n) is 17.8. The third kappa shape index (κ3) is 4.16. The number of hydrogen-bond acceptors (Lipinski definition) is 6. The number of aryl methyl sites for hydroxylation is 2. The predicted molar refractivity (Wildman–Crippen MR) is 120 cm³/mol. The number of hydrogen-bond donors (Lipinski definition) is 1. The summed E-state index contributed by atoms with van der Waals surface area (Å²) in [4.78, 5) is 49.2. The lowest BCUT2D eigenvalue weighted by Gasteiger charge is -2.26. The summed E-state index contributed by atoms with van der Waals surface area (Å²) in [5, 5.41) is 13.3. The molecule has 4 amide bonds. The average molecular weight is 445 g/mol. The molecule has 9 heteroatoms. The van der Waals surface area contributed by atoms with Crippen molar-refractivity contribution in [1.29, 1.82) is 0 Å². The molecule has 1 aromatic heterocycles. The maximum Gasteiger partial charge on any atom is 0.335 e. The smallest absolute Gasteiger partial charge is 0.335 e. The van der Waals surface area contributed by atoms with Crippen LogP contribution in [0.25, 0.3) is 17.4 Å². The van der Waals surface area contributed by atoms with Crippen LogP contribution >= 0.6 is 0 Å². The van der Waals surface area contributed by atoms with Crippen LogP contribution in [0.1, 0.15) is 23.8 Å². The number of imide groups is 2. The van der Waals surface area contributed by atoms with Gasteiger partial charge in [-0.3, -0.25) is 25.0 Å². The number of urea groups is 1. The molecule has 4 rings (SSSR count). The second-order valence-corrected chi connectivity index (χ2v) is 7.44. The molecule has 1 aliphatic heterocycles.